The maximum absolute atomic E-state index is 12.1. The van der Waals surface area contributed by atoms with Crippen molar-refractivity contribution in [3.8, 4) is 0 Å². The van der Waals surface area contributed by atoms with Crippen molar-refractivity contribution in [3.63, 3.8) is 0 Å². The van der Waals surface area contributed by atoms with E-state index in [1.54, 1.807) is 36.4 Å². The quantitative estimate of drug-likeness (QED) is 0.827. The smallest absolute Gasteiger partial charge is 0.255 e. The predicted molar refractivity (Wildman–Crippen MR) is 87.8 cm³/mol. The van der Waals surface area contributed by atoms with Gasteiger partial charge in [-0.15, -0.1) is 0 Å². The first-order valence-corrected chi connectivity index (χ1v) is 7.54. The van der Waals surface area contributed by atoms with Crippen LogP contribution < -0.4 is 10.6 Å². The van der Waals surface area contributed by atoms with Crippen LogP contribution in [0.2, 0.25) is 0 Å². The zero-order valence-electron chi connectivity index (χ0n) is 11.5. The number of hydrogen-bond donors (Lipinski definition) is 2. The molecule has 108 valence electrons. The average Bonchev–Trinajstić information content (AvgIpc) is 2.47. The largest absolute Gasteiger partial charge is 0.326 e. The van der Waals surface area contributed by atoms with Crippen LogP contribution in [0, 0.1) is 0 Å². The summed E-state index contributed by atoms with van der Waals surface area (Å²) in [5.74, 6) is -0.333. The lowest BCUT2D eigenvalue weighted by Crippen LogP contribution is -2.12. The fourth-order valence-corrected chi connectivity index (χ4v) is 2.20. The molecule has 0 atom stereocenters. The Morgan fingerprint density at radius 3 is 2.19 bits per heavy atom. The molecule has 0 aliphatic rings. The van der Waals surface area contributed by atoms with Crippen molar-refractivity contribution in [3.05, 3.63) is 59.7 Å². The Kier molecular flexibility index (Phi) is 5.11. The third kappa shape index (κ3) is 4.43. The van der Waals surface area contributed by atoms with E-state index in [0.29, 0.717) is 16.9 Å². The Morgan fingerprint density at radius 1 is 1.00 bits per heavy atom. The number of rotatable bonds is 4. The number of alkyl halides is 1. The molecule has 0 saturated carbocycles. The van der Waals surface area contributed by atoms with Gasteiger partial charge in [0.2, 0.25) is 5.91 Å². The van der Waals surface area contributed by atoms with Gasteiger partial charge in [0.1, 0.15) is 0 Å². The van der Waals surface area contributed by atoms with E-state index in [0.717, 1.165) is 10.9 Å². The molecule has 0 radical (unpaired) electrons. The molecule has 4 nitrogen and oxygen atoms in total. The lowest BCUT2D eigenvalue weighted by molar-refractivity contribution is -0.114. The molecule has 2 aromatic rings. The van der Waals surface area contributed by atoms with Gasteiger partial charge in [-0.1, -0.05) is 34.1 Å². The summed E-state index contributed by atoms with van der Waals surface area (Å²) in [6.45, 7) is 1.44. The molecule has 2 amide bonds. The van der Waals surface area contributed by atoms with Crippen molar-refractivity contribution in [2.24, 2.45) is 0 Å². The van der Waals surface area contributed by atoms with Crippen LogP contribution in [0.1, 0.15) is 22.8 Å². The second-order valence-electron chi connectivity index (χ2n) is 4.55. The minimum atomic E-state index is -0.184. The van der Waals surface area contributed by atoms with Crippen molar-refractivity contribution >= 4 is 39.1 Å². The Morgan fingerprint density at radius 2 is 1.62 bits per heavy atom. The number of benzene rings is 2. The van der Waals surface area contributed by atoms with E-state index in [1.807, 2.05) is 12.1 Å². The van der Waals surface area contributed by atoms with Gasteiger partial charge in [0, 0.05) is 29.2 Å². The molecule has 0 spiro atoms. The van der Waals surface area contributed by atoms with Gasteiger partial charge in [-0.2, -0.15) is 0 Å². The van der Waals surface area contributed by atoms with Gasteiger partial charge >= 0.3 is 0 Å². The highest BCUT2D eigenvalue weighted by Gasteiger charge is 2.06. The molecule has 0 fully saturated rings. The van der Waals surface area contributed by atoms with Crippen LogP contribution in [0.3, 0.4) is 0 Å². The Bertz CT molecular complexity index is 654. The van der Waals surface area contributed by atoms with Gasteiger partial charge in [-0.25, -0.2) is 0 Å². The first-order valence-electron chi connectivity index (χ1n) is 6.42. The highest BCUT2D eigenvalue weighted by molar-refractivity contribution is 9.08. The lowest BCUT2D eigenvalue weighted by Gasteiger charge is -2.08. The molecule has 0 aliphatic heterocycles. The van der Waals surface area contributed by atoms with Crippen molar-refractivity contribution < 1.29 is 9.59 Å². The van der Waals surface area contributed by atoms with Gasteiger partial charge in [-0.05, 0) is 35.9 Å². The van der Waals surface area contributed by atoms with Gasteiger partial charge in [0.05, 0.1) is 0 Å². The topological polar surface area (TPSA) is 58.2 Å². The molecule has 0 saturated heterocycles. The molecule has 0 bridgehead atoms. The minimum Gasteiger partial charge on any atom is -0.326 e. The zero-order valence-corrected chi connectivity index (χ0v) is 13.1. The maximum Gasteiger partial charge on any atom is 0.255 e. The summed E-state index contributed by atoms with van der Waals surface area (Å²) < 4.78 is 0. The van der Waals surface area contributed by atoms with Crippen molar-refractivity contribution in [2.45, 2.75) is 12.3 Å². The van der Waals surface area contributed by atoms with Gasteiger partial charge in [0.15, 0.2) is 0 Å². The highest BCUT2D eigenvalue weighted by atomic mass is 79.9. The van der Waals surface area contributed by atoms with Crippen LogP contribution in [-0.2, 0) is 10.1 Å². The van der Waals surface area contributed by atoms with Crippen LogP contribution in [0.5, 0.6) is 0 Å². The van der Waals surface area contributed by atoms with E-state index >= 15 is 0 Å². The number of hydrogen-bond acceptors (Lipinski definition) is 2. The van der Waals surface area contributed by atoms with Gasteiger partial charge < -0.3 is 10.6 Å². The molecular weight excluding hydrogens is 332 g/mol. The SMILES string of the molecule is CC(=O)Nc1cccc(NC(=O)c2ccc(CBr)cc2)c1. The van der Waals surface area contributed by atoms with E-state index in [9.17, 15) is 9.59 Å². The van der Waals surface area contributed by atoms with Gasteiger partial charge in [0.25, 0.3) is 5.91 Å². The molecule has 2 N–H and O–H groups in total. The summed E-state index contributed by atoms with van der Waals surface area (Å²) in [6, 6.07) is 14.4. The fourth-order valence-electron chi connectivity index (χ4n) is 1.83. The number of halogens is 1. The highest BCUT2D eigenvalue weighted by Crippen LogP contribution is 2.16. The molecule has 0 unspecified atom stereocenters. The van der Waals surface area contributed by atoms with Crippen molar-refractivity contribution in [2.75, 3.05) is 10.6 Å². The Hall–Kier alpha value is -2.14. The third-order valence-electron chi connectivity index (χ3n) is 2.81. The third-order valence-corrected chi connectivity index (χ3v) is 3.46. The molecule has 5 heteroatoms. The van der Waals surface area contributed by atoms with Crippen LogP contribution in [-0.4, -0.2) is 11.8 Å². The van der Waals surface area contributed by atoms with Gasteiger partial charge in [-0.3, -0.25) is 9.59 Å². The number of carbonyl (C=O) groups excluding carboxylic acids is 2. The lowest BCUT2D eigenvalue weighted by atomic mass is 10.1. The molecular formula is C16H15BrN2O2. The molecule has 0 heterocycles. The molecule has 2 aromatic carbocycles. The van der Waals surface area contributed by atoms with E-state index in [-0.39, 0.29) is 11.8 Å². The second kappa shape index (κ2) is 7.04. The van der Waals surface area contributed by atoms with Crippen molar-refractivity contribution in [1.29, 1.82) is 0 Å². The number of carbonyl (C=O) groups is 2. The number of anilines is 2. The zero-order chi connectivity index (χ0) is 15.2. The summed E-state index contributed by atoms with van der Waals surface area (Å²) >= 11 is 3.37. The van der Waals surface area contributed by atoms with E-state index in [4.69, 9.17) is 0 Å². The number of amides is 2. The first-order chi connectivity index (χ1) is 10.1. The predicted octanol–water partition coefficient (Wildman–Crippen LogP) is 3.79. The Balaban J connectivity index is 2.09. The van der Waals surface area contributed by atoms with E-state index in [1.165, 1.54) is 6.92 Å². The summed E-state index contributed by atoms with van der Waals surface area (Å²) in [5, 5.41) is 6.24. The fraction of sp³-hybridized carbons (Fsp3) is 0.125. The molecule has 21 heavy (non-hydrogen) atoms. The summed E-state index contributed by atoms with van der Waals surface area (Å²) in [6.07, 6.45) is 0. The molecule has 2 rings (SSSR count). The first kappa shape index (κ1) is 15.3. The monoisotopic (exact) mass is 346 g/mol. The van der Waals surface area contributed by atoms with Crippen LogP contribution in [0.4, 0.5) is 11.4 Å². The summed E-state index contributed by atoms with van der Waals surface area (Å²) in [4.78, 5) is 23.2. The average molecular weight is 347 g/mol. The Labute approximate surface area is 131 Å². The summed E-state index contributed by atoms with van der Waals surface area (Å²) in [5.41, 5.74) is 2.98. The maximum atomic E-state index is 12.1. The summed E-state index contributed by atoms with van der Waals surface area (Å²) in [7, 11) is 0. The normalized spacial score (nSPS) is 10.0. The molecule has 0 aliphatic carbocycles. The van der Waals surface area contributed by atoms with E-state index < -0.39 is 0 Å². The second-order valence-corrected chi connectivity index (χ2v) is 5.11. The standard InChI is InChI=1S/C16H15BrN2O2/c1-11(20)18-14-3-2-4-15(9-14)19-16(21)13-7-5-12(10-17)6-8-13/h2-9H,10H2,1H3,(H,18,20)(H,19,21). The molecule has 0 aromatic heterocycles. The van der Waals surface area contributed by atoms with E-state index in [2.05, 4.69) is 26.6 Å². The minimum absolute atomic E-state index is 0.149. The van der Waals surface area contributed by atoms with Crippen LogP contribution >= 0.6 is 15.9 Å². The van der Waals surface area contributed by atoms with Crippen molar-refractivity contribution in [1.82, 2.24) is 0 Å². The number of nitrogens with one attached hydrogen (secondary N) is 2. The van der Waals surface area contributed by atoms with Crippen LogP contribution in [0.15, 0.2) is 48.5 Å². The van der Waals surface area contributed by atoms with Crippen LogP contribution in [0.25, 0.3) is 0 Å².